The highest BCUT2D eigenvalue weighted by Crippen LogP contribution is 2.30. The average molecular weight is 288 g/mol. The van der Waals surface area contributed by atoms with Crippen LogP contribution >= 0.6 is 0 Å². The molecule has 0 amide bonds. The first-order valence-corrected chi connectivity index (χ1v) is 6.79. The second-order valence-corrected chi connectivity index (χ2v) is 4.65. The van der Waals surface area contributed by atoms with Crippen molar-refractivity contribution in [3.05, 3.63) is 58.0 Å². The van der Waals surface area contributed by atoms with Gasteiger partial charge in [0.15, 0.2) is 11.5 Å². The molecule has 5 nitrogen and oxygen atoms in total. The Kier molecular flexibility index (Phi) is 4.65. The molecule has 0 spiro atoms. The van der Waals surface area contributed by atoms with E-state index in [4.69, 9.17) is 15.2 Å². The summed E-state index contributed by atoms with van der Waals surface area (Å²) in [5.74, 6) is 1.23. The molecule has 2 N–H and O–H groups in total. The number of ether oxygens (including phenoxy) is 2. The van der Waals surface area contributed by atoms with E-state index in [1.165, 1.54) is 0 Å². The Morgan fingerprint density at radius 3 is 2.52 bits per heavy atom. The van der Waals surface area contributed by atoms with Gasteiger partial charge in [-0.1, -0.05) is 12.1 Å². The summed E-state index contributed by atoms with van der Waals surface area (Å²) in [4.78, 5) is 12.3. The lowest BCUT2D eigenvalue weighted by Crippen LogP contribution is -2.27. The fraction of sp³-hybridized carbons (Fsp3) is 0.312. The molecular formula is C16H20N2O3. The maximum atomic E-state index is 12.3. The topological polar surface area (TPSA) is 66.5 Å². The second kappa shape index (κ2) is 6.45. The standard InChI is InChI=1S/C16H20N2O3/c1-4-18-9-5-6-12(16(18)19)15(17)11-7-8-13(20-2)14(10-11)21-3/h5-10,15H,4,17H2,1-3H3. The molecule has 0 bridgehead atoms. The Balaban J connectivity index is 2.45. The quantitative estimate of drug-likeness (QED) is 0.913. The van der Waals surface area contributed by atoms with E-state index in [0.717, 1.165) is 5.56 Å². The minimum Gasteiger partial charge on any atom is -0.493 e. The van der Waals surface area contributed by atoms with Crippen LogP contribution in [0.15, 0.2) is 41.3 Å². The predicted octanol–water partition coefficient (Wildman–Crippen LogP) is 1.93. The van der Waals surface area contributed by atoms with Gasteiger partial charge < -0.3 is 19.8 Å². The van der Waals surface area contributed by atoms with E-state index in [2.05, 4.69) is 0 Å². The van der Waals surface area contributed by atoms with Crippen LogP contribution in [-0.4, -0.2) is 18.8 Å². The first-order chi connectivity index (χ1) is 10.1. The third-order valence-electron chi connectivity index (χ3n) is 3.49. The van der Waals surface area contributed by atoms with Crippen LogP contribution < -0.4 is 20.8 Å². The van der Waals surface area contributed by atoms with E-state index in [-0.39, 0.29) is 5.56 Å². The summed E-state index contributed by atoms with van der Waals surface area (Å²) in [5, 5.41) is 0. The van der Waals surface area contributed by atoms with E-state index in [1.54, 1.807) is 43.2 Å². The van der Waals surface area contributed by atoms with Crippen molar-refractivity contribution in [3.63, 3.8) is 0 Å². The fourth-order valence-electron chi connectivity index (χ4n) is 2.27. The van der Waals surface area contributed by atoms with Crippen LogP contribution in [0.1, 0.15) is 24.1 Å². The largest absolute Gasteiger partial charge is 0.493 e. The van der Waals surface area contributed by atoms with Gasteiger partial charge in [0.2, 0.25) is 0 Å². The van der Waals surface area contributed by atoms with E-state index >= 15 is 0 Å². The molecular weight excluding hydrogens is 268 g/mol. The van der Waals surface area contributed by atoms with Gasteiger partial charge in [-0.25, -0.2) is 0 Å². The highest BCUT2D eigenvalue weighted by Gasteiger charge is 2.16. The van der Waals surface area contributed by atoms with Gasteiger partial charge in [0.1, 0.15) is 0 Å². The van der Waals surface area contributed by atoms with Crippen molar-refractivity contribution in [2.24, 2.45) is 5.73 Å². The van der Waals surface area contributed by atoms with Crippen molar-refractivity contribution in [3.8, 4) is 11.5 Å². The van der Waals surface area contributed by atoms with Gasteiger partial charge in [0.25, 0.3) is 5.56 Å². The van der Waals surface area contributed by atoms with E-state index in [9.17, 15) is 4.79 Å². The summed E-state index contributed by atoms with van der Waals surface area (Å²) in [7, 11) is 3.15. The van der Waals surface area contributed by atoms with Gasteiger partial charge in [-0.3, -0.25) is 4.79 Å². The molecule has 1 aromatic carbocycles. The summed E-state index contributed by atoms with van der Waals surface area (Å²) >= 11 is 0. The van der Waals surface area contributed by atoms with Gasteiger partial charge in [0.05, 0.1) is 20.3 Å². The average Bonchev–Trinajstić information content (AvgIpc) is 2.53. The fourth-order valence-corrected chi connectivity index (χ4v) is 2.27. The van der Waals surface area contributed by atoms with E-state index in [1.807, 2.05) is 19.1 Å². The Bertz CT molecular complexity index is 679. The maximum Gasteiger partial charge on any atom is 0.255 e. The lowest BCUT2D eigenvalue weighted by Gasteiger charge is -2.15. The Labute approximate surface area is 123 Å². The van der Waals surface area contributed by atoms with Crippen molar-refractivity contribution >= 4 is 0 Å². The van der Waals surface area contributed by atoms with Gasteiger partial charge in [-0.15, -0.1) is 0 Å². The third kappa shape index (κ3) is 2.92. The molecule has 2 aromatic rings. The van der Waals surface area contributed by atoms with Crippen LogP contribution in [0.2, 0.25) is 0 Å². The Morgan fingerprint density at radius 1 is 1.19 bits per heavy atom. The normalized spacial score (nSPS) is 12.0. The zero-order valence-electron chi connectivity index (χ0n) is 12.5. The van der Waals surface area contributed by atoms with Gasteiger partial charge >= 0.3 is 0 Å². The molecule has 1 atom stereocenters. The summed E-state index contributed by atoms with van der Waals surface area (Å²) < 4.78 is 12.1. The first kappa shape index (κ1) is 15.1. The lowest BCUT2D eigenvalue weighted by atomic mass is 10.0. The van der Waals surface area contributed by atoms with Crippen LogP contribution in [0.25, 0.3) is 0 Å². The number of nitrogens with two attached hydrogens (primary N) is 1. The van der Waals surface area contributed by atoms with Crippen molar-refractivity contribution in [2.45, 2.75) is 19.5 Å². The molecule has 1 heterocycles. The van der Waals surface area contributed by atoms with Crippen LogP contribution in [0, 0.1) is 0 Å². The number of hydrogen-bond acceptors (Lipinski definition) is 4. The summed E-state index contributed by atoms with van der Waals surface area (Å²) in [6.45, 7) is 2.54. The van der Waals surface area contributed by atoms with Crippen molar-refractivity contribution in [2.75, 3.05) is 14.2 Å². The zero-order chi connectivity index (χ0) is 15.4. The number of rotatable bonds is 5. The molecule has 0 fully saturated rings. The number of pyridine rings is 1. The molecule has 0 aliphatic rings. The van der Waals surface area contributed by atoms with E-state index < -0.39 is 6.04 Å². The zero-order valence-corrected chi connectivity index (χ0v) is 12.5. The molecule has 0 aliphatic carbocycles. The van der Waals surface area contributed by atoms with Gasteiger partial charge in [-0.05, 0) is 30.7 Å². The summed E-state index contributed by atoms with van der Waals surface area (Å²) in [6.07, 6.45) is 1.76. The SMILES string of the molecule is CCn1cccc(C(N)c2ccc(OC)c(OC)c2)c1=O. The van der Waals surface area contributed by atoms with E-state index in [0.29, 0.717) is 23.6 Å². The Morgan fingerprint density at radius 2 is 1.90 bits per heavy atom. The number of methoxy groups -OCH3 is 2. The minimum absolute atomic E-state index is 0.0673. The smallest absolute Gasteiger partial charge is 0.255 e. The number of benzene rings is 1. The van der Waals surface area contributed by atoms with Gasteiger partial charge in [-0.2, -0.15) is 0 Å². The molecule has 112 valence electrons. The van der Waals surface area contributed by atoms with Crippen LogP contribution in [0.3, 0.4) is 0 Å². The highest BCUT2D eigenvalue weighted by atomic mass is 16.5. The molecule has 5 heteroatoms. The molecule has 1 aromatic heterocycles. The van der Waals surface area contributed by atoms with Crippen molar-refractivity contribution in [1.82, 2.24) is 4.57 Å². The number of aromatic nitrogens is 1. The molecule has 0 radical (unpaired) electrons. The highest BCUT2D eigenvalue weighted by molar-refractivity contribution is 5.45. The molecule has 0 aliphatic heterocycles. The monoisotopic (exact) mass is 288 g/mol. The molecule has 2 rings (SSSR count). The minimum atomic E-state index is -0.503. The summed E-state index contributed by atoms with van der Waals surface area (Å²) in [6, 6.07) is 8.52. The van der Waals surface area contributed by atoms with Crippen LogP contribution in [-0.2, 0) is 6.54 Å². The Hall–Kier alpha value is -2.27. The first-order valence-electron chi connectivity index (χ1n) is 6.79. The molecule has 1 unspecified atom stereocenters. The number of aryl methyl sites for hydroxylation is 1. The van der Waals surface area contributed by atoms with Crippen molar-refractivity contribution in [1.29, 1.82) is 0 Å². The molecule has 21 heavy (non-hydrogen) atoms. The molecule has 0 saturated carbocycles. The van der Waals surface area contributed by atoms with Gasteiger partial charge in [0, 0.05) is 18.3 Å². The lowest BCUT2D eigenvalue weighted by molar-refractivity contribution is 0.354. The maximum absolute atomic E-state index is 12.3. The van der Waals surface area contributed by atoms with Crippen molar-refractivity contribution < 1.29 is 9.47 Å². The van der Waals surface area contributed by atoms with Crippen LogP contribution in [0.4, 0.5) is 0 Å². The number of nitrogens with zero attached hydrogens (tertiary/aromatic N) is 1. The third-order valence-corrected chi connectivity index (χ3v) is 3.49. The molecule has 0 saturated heterocycles. The predicted molar refractivity (Wildman–Crippen MR) is 82.0 cm³/mol. The second-order valence-electron chi connectivity index (χ2n) is 4.65. The van der Waals surface area contributed by atoms with Crippen LogP contribution in [0.5, 0.6) is 11.5 Å². The summed E-state index contributed by atoms with van der Waals surface area (Å²) in [5.41, 5.74) is 7.54. The number of hydrogen-bond donors (Lipinski definition) is 1.